The summed E-state index contributed by atoms with van der Waals surface area (Å²) in [5.74, 6) is -2.14. The fraction of sp³-hybridized carbons (Fsp3) is 0.308. The molecule has 0 aliphatic heterocycles. The number of hydrogen-bond donors (Lipinski definition) is 4. The van der Waals surface area contributed by atoms with E-state index in [1.165, 1.54) is 0 Å². The van der Waals surface area contributed by atoms with E-state index in [2.05, 4.69) is 10.6 Å². The summed E-state index contributed by atoms with van der Waals surface area (Å²) in [4.78, 5) is 35.3. The van der Waals surface area contributed by atoms with E-state index < -0.39 is 30.4 Å². The molecule has 1 atom stereocenters. The number of amides is 3. The van der Waals surface area contributed by atoms with Gasteiger partial charge in [-0.05, 0) is 12.1 Å². The first-order chi connectivity index (χ1) is 9.81. The van der Waals surface area contributed by atoms with Crippen molar-refractivity contribution in [2.24, 2.45) is 5.73 Å². The minimum absolute atomic E-state index is 0.474. The Morgan fingerprint density at radius 1 is 1.29 bits per heavy atom. The monoisotopic (exact) mass is 294 g/mol. The number of carbonyl (C=O) groups is 3. The molecule has 8 nitrogen and oxygen atoms in total. The van der Waals surface area contributed by atoms with Crippen LogP contribution in [0, 0.1) is 0 Å². The first-order valence-electron chi connectivity index (χ1n) is 6.16. The van der Waals surface area contributed by atoms with Gasteiger partial charge in [-0.3, -0.25) is 4.79 Å². The highest BCUT2D eigenvalue weighted by Crippen LogP contribution is 2.23. The second kappa shape index (κ2) is 7.13. The number of nitrogens with one attached hydrogen (secondary N) is 2. The first-order valence-corrected chi connectivity index (χ1v) is 6.16. The normalized spacial score (nSPS) is 11.3. The van der Waals surface area contributed by atoms with Gasteiger partial charge in [-0.1, -0.05) is 12.1 Å². The lowest BCUT2D eigenvalue weighted by Gasteiger charge is -2.19. The molecular weight excluding hydrogens is 276 g/mol. The van der Waals surface area contributed by atoms with Gasteiger partial charge in [0.15, 0.2) is 0 Å². The van der Waals surface area contributed by atoms with E-state index in [9.17, 15) is 14.4 Å². The van der Waals surface area contributed by atoms with Crippen LogP contribution in [0.1, 0.15) is 6.42 Å². The Hall–Kier alpha value is -2.77. The van der Waals surface area contributed by atoms with Gasteiger partial charge in [-0.2, -0.15) is 0 Å². The summed E-state index contributed by atoms with van der Waals surface area (Å²) in [7, 11) is 3.62. The summed E-state index contributed by atoms with van der Waals surface area (Å²) in [6.07, 6.45) is -0.474. The zero-order valence-corrected chi connectivity index (χ0v) is 11.8. The van der Waals surface area contributed by atoms with Gasteiger partial charge in [0.1, 0.15) is 6.04 Å². The lowest BCUT2D eigenvalue weighted by molar-refractivity contribution is -0.140. The molecule has 0 unspecified atom stereocenters. The van der Waals surface area contributed by atoms with Gasteiger partial charge < -0.3 is 26.4 Å². The van der Waals surface area contributed by atoms with E-state index in [0.717, 1.165) is 5.69 Å². The molecule has 1 aromatic rings. The van der Waals surface area contributed by atoms with Gasteiger partial charge in [-0.25, -0.2) is 9.59 Å². The van der Waals surface area contributed by atoms with E-state index in [1.807, 2.05) is 20.2 Å². The molecule has 0 spiro atoms. The van der Waals surface area contributed by atoms with Gasteiger partial charge >= 0.3 is 12.0 Å². The van der Waals surface area contributed by atoms with Gasteiger partial charge in [-0.15, -0.1) is 0 Å². The van der Waals surface area contributed by atoms with Crippen LogP contribution in [-0.4, -0.2) is 43.2 Å². The highest BCUT2D eigenvalue weighted by Gasteiger charge is 2.22. The summed E-state index contributed by atoms with van der Waals surface area (Å²) in [6, 6.07) is 4.94. The van der Waals surface area contributed by atoms with Crippen molar-refractivity contribution in [2.45, 2.75) is 12.5 Å². The van der Waals surface area contributed by atoms with E-state index in [0.29, 0.717) is 5.69 Å². The average molecular weight is 294 g/mol. The van der Waals surface area contributed by atoms with E-state index in [1.54, 1.807) is 23.1 Å². The summed E-state index contributed by atoms with van der Waals surface area (Å²) in [5.41, 5.74) is 6.22. The number of aliphatic carboxylic acids is 1. The van der Waals surface area contributed by atoms with Crippen LogP contribution < -0.4 is 21.3 Å². The van der Waals surface area contributed by atoms with Crippen molar-refractivity contribution in [2.75, 3.05) is 24.3 Å². The van der Waals surface area contributed by atoms with Crippen LogP contribution in [0.25, 0.3) is 0 Å². The van der Waals surface area contributed by atoms with Crippen LogP contribution in [0.3, 0.4) is 0 Å². The molecule has 0 saturated heterocycles. The van der Waals surface area contributed by atoms with Crippen LogP contribution >= 0.6 is 0 Å². The largest absolute Gasteiger partial charge is 0.480 e. The molecule has 21 heavy (non-hydrogen) atoms. The first kappa shape index (κ1) is 16.3. The van der Waals surface area contributed by atoms with Gasteiger partial charge in [0.25, 0.3) is 0 Å². The number of anilines is 2. The maximum absolute atomic E-state index is 11.8. The molecular formula is C13H18N4O4. The highest BCUT2D eigenvalue weighted by atomic mass is 16.4. The standard InChI is InChI=1S/C13H18N4O4/c1-17(2)10-6-4-3-5-8(10)15-13(21)16-9(12(19)20)7-11(14)18/h3-6,9H,7H2,1-2H3,(H2,14,18)(H,19,20)(H2,15,16,21)/t9-/m1/s1. The molecule has 0 saturated carbocycles. The quantitative estimate of drug-likeness (QED) is 0.596. The topological polar surface area (TPSA) is 125 Å². The van der Waals surface area contributed by atoms with Gasteiger partial charge in [0, 0.05) is 14.1 Å². The smallest absolute Gasteiger partial charge is 0.326 e. The van der Waals surface area contributed by atoms with Crippen molar-refractivity contribution in [3.8, 4) is 0 Å². The molecule has 3 amide bonds. The van der Waals surface area contributed by atoms with Crippen LogP contribution in [0.5, 0.6) is 0 Å². The molecule has 0 fully saturated rings. The van der Waals surface area contributed by atoms with Crippen molar-refractivity contribution in [3.05, 3.63) is 24.3 Å². The van der Waals surface area contributed by atoms with Crippen molar-refractivity contribution < 1.29 is 19.5 Å². The number of para-hydroxylation sites is 2. The maximum Gasteiger partial charge on any atom is 0.326 e. The number of primary amides is 1. The number of nitrogens with zero attached hydrogens (tertiary/aromatic N) is 1. The van der Waals surface area contributed by atoms with Crippen molar-refractivity contribution in [1.29, 1.82) is 0 Å². The number of nitrogens with two attached hydrogens (primary N) is 1. The number of rotatable bonds is 6. The fourth-order valence-corrected chi connectivity index (χ4v) is 1.69. The average Bonchev–Trinajstić information content (AvgIpc) is 2.37. The molecule has 0 bridgehead atoms. The molecule has 1 rings (SSSR count). The molecule has 0 aromatic heterocycles. The Morgan fingerprint density at radius 3 is 2.43 bits per heavy atom. The summed E-state index contributed by atoms with van der Waals surface area (Å²) in [6.45, 7) is 0. The van der Waals surface area contributed by atoms with Crippen molar-refractivity contribution in [3.63, 3.8) is 0 Å². The van der Waals surface area contributed by atoms with Crippen LogP contribution in [0.2, 0.25) is 0 Å². The van der Waals surface area contributed by atoms with E-state index >= 15 is 0 Å². The van der Waals surface area contributed by atoms with Crippen molar-refractivity contribution in [1.82, 2.24) is 5.32 Å². The molecule has 0 aliphatic carbocycles. The molecule has 1 aromatic carbocycles. The van der Waals surface area contributed by atoms with Crippen molar-refractivity contribution >= 4 is 29.3 Å². The molecule has 8 heteroatoms. The zero-order valence-electron chi connectivity index (χ0n) is 11.8. The van der Waals surface area contributed by atoms with E-state index in [-0.39, 0.29) is 0 Å². The lowest BCUT2D eigenvalue weighted by atomic mass is 10.2. The molecule has 0 aliphatic rings. The molecule has 114 valence electrons. The Bertz CT molecular complexity index is 545. The summed E-state index contributed by atoms with van der Waals surface area (Å²) < 4.78 is 0. The third-order valence-electron chi connectivity index (χ3n) is 2.64. The summed E-state index contributed by atoms with van der Waals surface area (Å²) >= 11 is 0. The second-order valence-corrected chi connectivity index (χ2v) is 4.57. The minimum Gasteiger partial charge on any atom is -0.480 e. The van der Waals surface area contributed by atoms with Gasteiger partial charge in [0.05, 0.1) is 17.8 Å². The Balaban J connectivity index is 2.77. The number of carboxylic acids is 1. The van der Waals surface area contributed by atoms with Crippen LogP contribution in [-0.2, 0) is 9.59 Å². The Kier molecular flexibility index (Phi) is 5.53. The van der Waals surface area contributed by atoms with Gasteiger partial charge in [0.2, 0.25) is 5.91 Å². The molecule has 0 heterocycles. The number of carboxylic acid groups (broad SMARTS) is 1. The summed E-state index contributed by atoms with van der Waals surface area (Å²) in [5, 5.41) is 13.7. The SMILES string of the molecule is CN(C)c1ccccc1NC(=O)N[C@H](CC(N)=O)C(=O)O. The molecule has 5 N–H and O–H groups in total. The predicted molar refractivity (Wildman–Crippen MR) is 78.2 cm³/mol. The third kappa shape index (κ3) is 5.01. The molecule has 0 radical (unpaired) electrons. The van der Waals surface area contributed by atoms with Crippen LogP contribution in [0.4, 0.5) is 16.2 Å². The Morgan fingerprint density at radius 2 is 1.90 bits per heavy atom. The number of urea groups is 1. The highest BCUT2D eigenvalue weighted by molar-refractivity contribution is 5.96. The number of hydrogen-bond acceptors (Lipinski definition) is 4. The lowest BCUT2D eigenvalue weighted by Crippen LogP contribution is -2.45. The third-order valence-corrected chi connectivity index (χ3v) is 2.64. The van der Waals surface area contributed by atoms with E-state index in [4.69, 9.17) is 10.8 Å². The zero-order chi connectivity index (χ0) is 16.0. The number of carbonyl (C=O) groups excluding carboxylic acids is 2. The maximum atomic E-state index is 11.8. The predicted octanol–water partition coefficient (Wildman–Crippen LogP) is 0.203. The second-order valence-electron chi connectivity index (χ2n) is 4.57. The van der Waals surface area contributed by atoms with Crippen LogP contribution in [0.15, 0.2) is 24.3 Å². The number of benzene rings is 1. The fourth-order valence-electron chi connectivity index (χ4n) is 1.69. The minimum atomic E-state index is -1.37. The Labute approximate surface area is 121 Å².